The maximum Gasteiger partial charge on any atom is 0.404 e. The first-order valence-corrected chi connectivity index (χ1v) is 11.5. The van der Waals surface area contributed by atoms with E-state index in [1.165, 1.54) is 25.7 Å². The van der Waals surface area contributed by atoms with Crippen molar-refractivity contribution in [1.82, 2.24) is 30.3 Å². The Morgan fingerprint density at radius 2 is 1.94 bits per heavy atom. The van der Waals surface area contributed by atoms with Crippen molar-refractivity contribution in [2.24, 2.45) is 0 Å². The zero-order valence-corrected chi connectivity index (χ0v) is 19.9. The van der Waals surface area contributed by atoms with Gasteiger partial charge in [-0.15, -0.1) is 5.10 Å². The van der Waals surface area contributed by atoms with Crippen LogP contribution < -0.4 is 15.4 Å². The summed E-state index contributed by atoms with van der Waals surface area (Å²) >= 11 is 0. The quantitative estimate of drug-likeness (QED) is 0.388. The normalized spacial score (nSPS) is 13.9. The van der Waals surface area contributed by atoms with Crippen LogP contribution in [0.2, 0.25) is 0 Å². The van der Waals surface area contributed by atoms with Crippen LogP contribution in [0.5, 0.6) is 5.75 Å². The first kappa shape index (κ1) is 25.2. The molecule has 11 heteroatoms. The SMILES string of the molecule is CC(C)(O)CCNC(=O)O.CCOc1ccc(-n2nnc3cnc(NC4CCCC4)nc32)cc1. The van der Waals surface area contributed by atoms with Gasteiger partial charge in [0.15, 0.2) is 11.2 Å². The standard InChI is InChI=1S/C17H20N6O.C6H13NO3/c1-2-24-14-9-7-13(8-10-14)23-16-15(21-22-23)11-18-17(20-16)19-12-5-3-4-6-12;1-6(2,10)3-4-7-5(8)9/h7-12H,2-6H2,1H3,(H,18,19,20);7,10H,3-4H2,1-2H3,(H,8,9). The zero-order valence-electron chi connectivity index (χ0n) is 19.9. The number of amides is 1. The van der Waals surface area contributed by atoms with Gasteiger partial charge in [0.25, 0.3) is 0 Å². The van der Waals surface area contributed by atoms with E-state index in [0.717, 1.165) is 11.4 Å². The van der Waals surface area contributed by atoms with Crippen LogP contribution in [0.1, 0.15) is 52.9 Å². The summed E-state index contributed by atoms with van der Waals surface area (Å²) in [6.45, 7) is 6.18. The molecule has 11 nitrogen and oxygen atoms in total. The van der Waals surface area contributed by atoms with Crippen molar-refractivity contribution < 1.29 is 19.7 Å². The predicted molar refractivity (Wildman–Crippen MR) is 128 cm³/mol. The van der Waals surface area contributed by atoms with Crippen LogP contribution in [-0.2, 0) is 0 Å². The highest BCUT2D eigenvalue weighted by molar-refractivity contribution is 5.72. The van der Waals surface area contributed by atoms with E-state index in [0.29, 0.717) is 42.7 Å². The molecular formula is C23H33N7O4. The number of nitrogens with zero attached hydrogens (tertiary/aromatic N) is 5. The Balaban J connectivity index is 0.000000277. The molecule has 0 bridgehead atoms. The van der Waals surface area contributed by atoms with E-state index >= 15 is 0 Å². The van der Waals surface area contributed by atoms with Gasteiger partial charge in [0.05, 0.1) is 24.1 Å². The Morgan fingerprint density at radius 3 is 2.56 bits per heavy atom. The Labute approximate surface area is 198 Å². The highest BCUT2D eigenvalue weighted by Crippen LogP contribution is 2.22. The molecule has 1 aliphatic rings. The second kappa shape index (κ2) is 11.6. The molecule has 184 valence electrons. The van der Waals surface area contributed by atoms with E-state index in [-0.39, 0.29) is 0 Å². The molecule has 1 aliphatic carbocycles. The van der Waals surface area contributed by atoms with E-state index in [9.17, 15) is 4.79 Å². The molecule has 0 spiro atoms. The molecule has 1 aromatic carbocycles. The Morgan fingerprint density at radius 1 is 1.24 bits per heavy atom. The van der Waals surface area contributed by atoms with Crippen molar-refractivity contribution in [3.8, 4) is 11.4 Å². The lowest BCUT2D eigenvalue weighted by molar-refractivity contribution is 0.0713. The second-order valence-corrected chi connectivity index (χ2v) is 8.75. The number of carboxylic acid groups (broad SMARTS) is 1. The van der Waals surface area contributed by atoms with E-state index in [4.69, 9.17) is 14.9 Å². The number of carbonyl (C=O) groups is 1. The van der Waals surface area contributed by atoms with Crippen LogP contribution in [0, 0.1) is 0 Å². The minimum Gasteiger partial charge on any atom is -0.494 e. The van der Waals surface area contributed by atoms with Crippen molar-refractivity contribution in [3.05, 3.63) is 30.5 Å². The summed E-state index contributed by atoms with van der Waals surface area (Å²) in [5, 5.41) is 31.2. The van der Waals surface area contributed by atoms with Gasteiger partial charge in [0, 0.05) is 12.6 Å². The number of nitrogens with one attached hydrogen (secondary N) is 2. The van der Waals surface area contributed by atoms with Gasteiger partial charge in [-0.3, -0.25) is 0 Å². The van der Waals surface area contributed by atoms with Gasteiger partial charge in [-0.05, 0) is 64.3 Å². The van der Waals surface area contributed by atoms with Gasteiger partial charge in [-0.2, -0.15) is 9.67 Å². The average Bonchev–Trinajstić information content (AvgIpc) is 3.44. The van der Waals surface area contributed by atoms with Crippen LogP contribution >= 0.6 is 0 Å². The summed E-state index contributed by atoms with van der Waals surface area (Å²) in [7, 11) is 0. The molecule has 34 heavy (non-hydrogen) atoms. The number of aromatic nitrogens is 5. The monoisotopic (exact) mass is 471 g/mol. The number of fused-ring (bicyclic) bond motifs is 1. The average molecular weight is 472 g/mol. The predicted octanol–water partition coefficient (Wildman–Crippen LogP) is 3.38. The van der Waals surface area contributed by atoms with Gasteiger partial charge in [-0.25, -0.2) is 9.78 Å². The largest absolute Gasteiger partial charge is 0.494 e. The molecule has 0 saturated heterocycles. The number of anilines is 1. The summed E-state index contributed by atoms with van der Waals surface area (Å²) in [6, 6.07) is 8.21. The van der Waals surface area contributed by atoms with Crippen LogP contribution in [0.4, 0.5) is 10.7 Å². The first-order valence-electron chi connectivity index (χ1n) is 11.5. The third-order valence-corrected chi connectivity index (χ3v) is 5.29. The number of hydrogen-bond donors (Lipinski definition) is 4. The van der Waals surface area contributed by atoms with Gasteiger partial charge < -0.3 is 25.6 Å². The van der Waals surface area contributed by atoms with Crippen LogP contribution in [0.15, 0.2) is 30.5 Å². The summed E-state index contributed by atoms with van der Waals surface area (Å²) in [4.78, 5) is 18.9. The molecule has 4 N–H and O–H groups in total. The Hall–Kier alpha value is -3.47. The minimum atomic E-state index is -1.05. The smallest absolute Gasteiger partial charge is 0.404 e. The highest BCUT2D eigenvalue weighted by atomic mass is 16.5. The van der Waals surface area contributed by atoms with Crippen molar-refractivity contribution in [3.63, 3.8) is 0 Å². The lowest BCUT2D eigenvalue weighted by atomic mass is 10.1. The van der Waals surface area contributed by atoms with Gasteiger partial charge in [-0.1, -0.05) is 18.1 Å². The van der Waals surface area contributed by atoms with Crippen molar-refractivity contribution in [2.75, 3.05) is 18.5 Å². The summed E-state index contributed by atoms with van der Waals surface area (Å²) in [5.74, 6) is 1.48. The minimum absolute atomic E-state index is 0.291. The lowest BCUT2D eigenvalue weighted by Gasteiger charge is -2.15. The van der Waals surface area contributed by atoms with E-state index in [2.05, 4.69) is 30.9 Å². The number of aliphatic hydroxyl groups is 1. The number of hydrogen-bond acceptors (Lipinski definition) is 8. The molecule has 2 aromatic heterocycles. The zero-order chi connectivity index (χ0) is 24.6. The van der Waals surface area contributed by atoms with E-state index < -0.39 is 11.7 Å². The molecule has 0 atom stereocenters. The molecule has 4 rings (SSSR count). The Kier molecular flexibility index (Phi) is 8.58. The van der Waals surface area contributed by atoms with Gasteiger partial charge >= 0.3 is 6.09 Å². The number of rotatable bonds is 8. The lowest BCUT2D eigenvalue weighted by Crippen LogP contribution is -2.29. The van der Waals surface area contributed by atoms with Gasteiger partial charge in [0.1, 0.15) is 5.75 Å². The summed E-state index contributed by atoms with van der Waals surface area (Å²) < 4.78 is 7.21. The maximum atomic E-state index is 9.89. The molecular weight excluding hydrogens is 438 g/mol. The van der Waals surface area contributed by atoms with E-state index in [1.807, 2.05) is 31.2 Å². The third-order valence-electron chi connectivity index (χ3n) is 5.29. The van der Waals surface area contributed by atoms with Crippen molar-refractivity contribution in [1.29, 1.82) is 0 Å². The van der Waals surface area contributed by atoms with E-state index in [1.54, 1.807) is 24.7 Å². The summed E-state index contributed by atoms with van der Waals surface area (Å²) in [6.07, 6.45) is 5.99. The molecule has 1 amide bonds. The fourth-order valence-electron chi connectivity index (χ4n) is 3.55. The first-order chi connectivity index (χ1) is 16.2. The molecule has 0 unspecified atom stereocenters. The van der Waals surface area contributed by atoms with Crippen LogP contribution in [0.25, 0.3) is 16.9 Å². The number of ether oxygens (including phenoxy) is 1. The van der Waals surface area contributed by atoms with Crippen molar-refractivity contribution in [2.45, 2.75) is 64.5 Å². The third kappa shape index (κ3) is 7.55. The molecule has 0 aliphatic heterocycles. The molecule has 0 radical (unpaired) electrons. The molecule has 1 saturated carbocycles. The maximum absolute atomic E-state index is 9.89. The molecule has 1 fully saturated rings. The molecule has 3 aromatic rings. The highest BCUT2D eigenvalue weighted by Gasteiger charge is 2.17. The summed E-state index contributed by atoms with van der Waals surface area (Å²) in [5.41, 5.74) is 1.49. The number of benzene rings is 1. The fourth-order valence-corrected chi connectivity index (χ4v) is 3.55. The Bertz CT molecular complexity index is 1060. The van der Waals surface area contributed by atoms with Crippen LogP contribution in [-0.4, -0.2) is 66.1 Å². The molecule has 2 heterocycles. The fraction of sp³-hybridized carbons (Fsp3) is 0.522. The van der Waals surface area contributed by atoms with Crippen molar-refractivity contribution >= 4 is 23.2 Å². The topological polar surface area (TPSA) is 147 Å². The second-order valence-electron chi connectivity index (χ2n) is 8.75. The van der Waals surface area contributed by atoms with Gasteiger partial charge in [0.2, 0.25) is 5.95 Å². The van der Waals surface area contributed by atoms with Crippen LogP contribution in [0.3, 0.4) is 0 Å².